The van der Waals surface area contributed by atoms with Gasteiger partial charge < -0.3 is 16.4 Å². The lowest BCUT2D eigenvalue weighted by molar-refractivity contribution is 0.869. The minimum absolute atomic E-state index is 0.693. The molecule has 0 aliphatic rings. The summed E-state index contributed by atoms with van der Waals surface area (Å²) in [5.74, 6) is 1.68. The third-order valence-electron chi connectivity index (χ3n) is 1.71. The molecule has 0 fully saturated rings. The van der Waals surface area contributed by atoms with Crippen LogP contribution in [0.1, 0.15) is 13.3 Å². The maximum absolute atomic E-state index is 5.39. The monoisotopic (exact) mass is 195 g/mol. The van der Waals surface area contributed by atoms with Crippen LogP contribution in [0.3, 0.4) is 0 Å². The third kappa shape index (κ3) is 3.57. The van der Waals surface area contributed by atoms with Crippen molar-refractivity contribution in [3.63, 3.8) is 0 Å². The van der Waals surface area contributed by atoms with E-state index in [0.29, 0.717) is 6.54 Å². The first-order valence-corrected chi connectivity index (χ1v) is 4.86. The molecular formula is C9H17N5. The number of nitrogens with one attached hydrogen (secondary N) is 2. The number of hydrogen-bond acceptors (Lipinski definition) is 5. The molecule has 1 heterocycles. The second kappa shape index (κ2) is 6.15. The molecule has 5 heteroatoms. The van der Waals surface area contributed by atoms with E-state index < -0.39 is 0 Å². The molecule has 0 saturated heterocycles. The van der Waals surface area contributed by atoms with E-state index in [4.69, 9.17) is 5.73 Å². The lowest BCUT2D eigenvalue weighted by atomic mass is 10.4. The number of hydrogen-bond donors (Lipinski definition) is 3. The van der Waals surface area contributed by atoms with E-state index >= 15 is 0 Å². The lowest BCUT2D eigenvalue weighted by Gasteiger charge is -2.06. The van der Waals surface area contributed by atoms with Crippen molar-refractivity contribution in [3.8, 4) is 0 Å². The van der Waals surface area contributed by atoms with Gasteiger partial charge in [0.15, 0.2) is 0 Å². The molecule has 0 bridgehead atoms. The molecule has 1 aromatic rings. The van der Waals surface area contributed by atoms with Gasteiger partial charge in [0.25, 0.3) is 0 Å². The molecule has 0 spiro atoms. The van der Waals surface area contributed by atoms with Crippen LogP contribution in [0.15, 0.2) is 12.4 Å². The van der Waals surface area contributed by atoms with Crippen LogP contribution in [0, 0.1) is 0 Å². The fourth-order valence-corrected chi connectivity index (χ4v) is 1.05. The molecule has 14 heavy (non-hydrogen) atoms. The summed E-state index contributed by atoms with van der Waals surface area (Å²) in [6.07, 6.45) is 2.49. The predicted molar refractivity (Wildman–Crippen MR) is 58.4 cm³/mol. The summed E-state index contributed by atoms with van der Waals surface area (Å²) in [7, 11) is 0. The molecule has 0 unspecified atom stereocenters. The average Bonchev–Trinajstić information content (AvgIpc) is 2.19. The van der Waals surface area contributed by atoms with E-state index in [9.17, 15) is 0 Å². The molecule has 1 rings (SSSR count). The zero-order chi connectivity index (χ0) is 10.2. The quantitative estimate of drug-likeness (QED) is 0.582. The van der Waals surface area contributed by atoms with Crippen LogP contribution in [-0.4, -0.2) is 29.6 Å². The summed E-state index contributed by atoms with van der Waals surface area (Å²) in [5, 5.41) is 6.30. The standard InChI is InChI=1S/C9H17N5/c1-2-11-8-6-9(14-7-13-8)12-5-3-4-10/h6-7H,2-5,10H2,1H3,(H2,11,12,13,14). The van der Waals surface area contributed by atoms with Crippen LogP contribution < -0.4 is 16.4 Å². The molecule has 0 amide bonds. The SMILES string of the molecule is CCNc1cc(NCCCN)ncn1. The van der Waals surface area contributed by atoms with Crippen molar-refractivity contribution in [2.24, 2.45) is 5.73 Å². The van der Waals surface area contributed by atoms with E-state index in [1.165, 1.54) is 0 Å². The first-order chi connectivity index (χ1) is 6.86. The van der Waals surface area contributed by atoms with Gasteiger partial charge in [0, 0.05) is 19.2 Å². The van der Waals surface area contributed by atoms with E-state index in [0.717, 1.165) is 31.1 Å². The number of anilines is 2. The predicted octanol–water partition coefficient (Wildman–Crippen LogP) is 0.669. The highest BCUT2D eigenvalue weighted by atomic mass is 15.1. The molecule has 78 valence electrons. The minimum Gasteiger partial charge on any atom is -0.370 e. The van der Waals surface area contributed by atoms with Crippen LogP contribution in [0.4, 0.5) is 11.6 Å². The molecule has 0 radical (unpaired) electrons. The zero-order valence-electron chi connectivity index (χ0n) is 8.45. The lowest BCUT2D eigenvalue weighted by Crippen LogP contribution is -2.10. The number of nitrogens with two attached hydrogens (primary N) is 1. The normalized spacial score (nSPS) is 9.86. The van der Waals surface area contributed by atoms with Crippen molar-refractivity contribution < 1.29 is 0 Å². The van der Waals surface area contributed by atoms with Gasteiger partial charge in [-0.15, -0.1) is 0 Å². The molecular weight excluding hydrogens is 178 g/mol. The molecule has 0 atom stereocenters. The Balaban J connectivity index is 2.46. The minimum atomic E-state index is 0.693. The number of aromatic nitrogens is 2. The second-order valence-corrected chi connectivity index (χ2v) is 2.89. The molecule has 0 aromatic carbocycles. The Labute approximate surface area is 84.1 Å². The first-order valence-electron chi connectivity index (χ1n) is 4.86. The maximum Gasteiger partial charge on any atom is 0.131 e. The fourth-order valence-electron chi connectivity index (χ4n) is 1.05. The van der Waals surface area contributed by atoms with Crippen molar-refractivity contribution in [2.75, 3.05) is 30.3 Å². The second-order valence-electron chi connectivity index (χ2n) is 2.89. The maximum atomic E-state index is 5.39. The van der Waals surface area contributed by atoms with Gasteiger partial charge >= 0.3 is 0 Å². The van der Waals surface area contributed by atoms with E-state index in [1.54, 1.807) is 6.33 Å². The Morgan fingerprint density at radius 2 is 2.00 bits per heavy atom. The Bertz CT molecular complexity index is 263. The van der Waals surface area contributed by atoms with Crippen LogP contribution >= 0.6 is 0 Å². The van der Waals surface area contributed by atoms with Crippen molar-refractivity contribution in [2.45, 2.75) is 13.3 Å². The number of nitrogens with zero attached hydrogens (tertiary/aromatic N) is 2. The Morgan fingerprint density at radius 3 is 2.64 bits per heavy atom. The fraction of sp³-hybridized carbons (Fsp3) is 0.556. The summed E-state index contributed by atoms with van der Waals surface area (Å²) >= 11 is 0. The van der Waals surface area contributed by atoms with Crippen LogP contribution in [0.2, 0.25) is 0 Å². The highest BCUT2D eigenvalue weighted by molar-refractivity contribution is 5.46. The third-order valence-corrected chi connectivity index (χ3v) is 1.71. The van der Waals surface area contributed by atoms with E-state index in [2.05, 4.69) is 20.6 Å². The summed E-state index contributed by atoms with van der Waals surface area (Å²) in [6.45, 7) is 4.43. The van der Waals surface area contributed by atoms with E-state index in [1.807, 2.05) is 13.0 Å². The highest BCUT2D eigenvalue weighted by Crippen LogP contribution is 2.07. The van der Waals surface area contributed by atoms with Gasteiger partial charge in [-0.3, -0.25) is 0 Å². The largest absolute Gasteiger partial charge is 0.370 e. The van der Waals surface area contributed by atoms with Gasteiger partial charge in [-0.25, -0.2) is 9.97 Å². The van der Waals surface area contributed by atoms with Crippen molar-refractivity contribution in [3.05, 3.63) is 12.4 Å². The average molecular weight is 195 g/mol. The van der Waals surface area contributed by atoms with E-state index in [-0.39, 0.29) is 0 Å². The Hall–Kier alpha value is -1.36. The van der Waals surface area contributed by atoms with Crippen LogP contribution in [-0.2, 0) is 0 Å². The summed E-state index contributed by atoms with van der Waals surface area (Å²) < 4.78 is 0. The molecule has 0 saturated carbocycles. The van der Waals surface area contributed by atoms with Gasteiger partial charge in [-0.2, -0.15) is 0 Å². The summed E-state index contributed by atoms with van der Waals surface area (Å²) in [5.41, 5.74) is 5.39. The smallest absolute Gasteiger partial charge is 0.131 e. The van der Waals surface area contributed by atoms with Crippen molar-refractivity contribution >= 4 is 11.6 Å². The zero-order valence-corrected chi connectivity index (χ0v) is 8.45. The molecule has 0 aliphatic heterocycles. The summed E-state index contributed by atoms with van der Waals surface area (Å²) in [6, 6.07) is 1.89. The van der Waals surface area contributed by atoms with Crippen LogP contribution in [0.25, 0.3) is 0 Å². The van der Waals surface area contributed by atoms with Gasteiger partial charge in [-0.1, -0.05) is 0 Å². The molecule has 4 N–H and O–H groups in total. The first kappa shape index (κ1) is 10.7. The Morgan fingerprint density at radius 1 is 1.29 bits per heavy atom. The topological polar surface area (TPSA) is 75.9 Å². The molecule has 0 aliphatic carbocycles. The van der Waals surface area contributed by atoms with Gasteiger partial charge in [0.05, 0.1) is 0 Å². The highest BCUT2D eigenvalue weighted by Gasteiger charge is 1.95. The van der Waals surface area contributed by atoms with Crippen LogP contribution in [0.5, 0.6) is 0 Å². The van der Waals surface area contributed by atoms with Crippen molar-refractivity contribution in [1.29, 1.82) is 0 Å². The van der Waals surface area contributed by atoms with Gasteiger partial charge in [0.2, 0.25) is 0 Å². The summed E-state index contributed by atoms with van der Waals surface area (Å²) in [4.78, 5) is 8.16. The molecule has 5 nitrogen and oxygen atoms in total. The Kier molecular flexibility index (Phi) is 4.71. The van der Waals surface area contributed by atoms with Gasteiger partial charge in [-0.05, 0) is 19.9 Å². The van der Waals surface area contributed by atoms with Gasteiger partial charge in [0.1, 0.15) is 18.0 Å². The number of rotatable bonds is 6. The molecule has 1 aromatic heterocycles. The van der Waals surface area contributed by atoms with Crippen molar-refractivity contribution in [1.82, 2.24) is 9.97 Å².